The molecular weight excluding hydrogens is 242 g/mol. The highest BCUT2D eigenvalue weighted by Gasteiger charge is 2.15. The van der Waals surface area contributed by atoms with E-state index in [2.05, 4.69) is 29.6 Å². The summed E-state index contributed by atoms with van der Waals surface area (Å²) in [6.07, 6.45) is 5.89. The van der Waals surface area contributed by atoms with Gasteiger partial charge in [0.25, 0.3) is 0 Å². The second-order valence-electron chi connectivity index (χ2n) is 5.53. The summed E-state index contributed by atoms with van der Waals surface area (Å²) in [6.45, 7) is 4.51. The maximum atomic E-state index is 11.7. The standard InChI is InChI=1S/C14H23N3O2/c1-10(2)13-8-12(19-17-13)9-15-14(18)16-11-6-4-3-5-7-11/h8,10-11H,3-7,9H2,1-2H3,(H2,15,16,18). The molecule has 1 aromatic heterocycles. The van der Waals surface area contributed by atoms with Crippen molar-refractivity contribution >= 4 is 6.03 Å². The van der Waals surface area contributed by atoms with Gasteiger partial charge >= 0.3 is 6.03 Å². The summed E-state index contributed by atoms with van der Waals surface area (Å²) in [5.41, 5.74) is 0.921. The van der Waals surface area contributed by atoms with Gasteiger partial charge in [0.05, 0.1) is 12.2 Å². The van der Waals surface area contributed by atoms with Gasteiger partial charge < -0.3 is 15.2 Å². The molecule has 1 aromatic rings. The second kappa shape index (κ2) is 6.59. The lowest BCUT2D eigenvalue weighted by Crippen LogP contribution is -2.42. The van der Waals surface area contributed by atoms with E-state index in [1.54, 1.807) is 0 Å². The Labute approximate surface area is 114 Å². The molecule has 0 saturated heterocycles. The fourth-order valence-corrected chi connectivity index (χ4v) is 2.34. The number of aromatic nitrogens is 1. The largest absolute Gasteiger partial charge is 0.359 e. The number of hydrogen-bond acceptors (Lipinski definition) is 3. The average Bonchev–Trinajstić information content (AvgIpc) is 2.86. The van der Waals surface area contributed by atoms with Crippen LogP contribution in [0.2, 0.25) is 0 Å². The van der Waals surface area contributed by atoms with E-state index in [-0.39, 0.29) is 6.03 Å². The van der Waals surface area contributed by atoms with Gasteiger partial charge in [0.1, 0.15) is 0 Å². The Hall–Kier alpha value is -1.52. The average molecular weight is 265 g/mol. The highest BCUT2D eigenvalue weighted by atomic mass is 16.5. The van der Waals surface area contributed by atoms with Crippen LogP contribution in [0.15, 0.2) is 10.6 Å². The maximum Gasteiger partial charge on any atom is 0.315 e. The van der Waals surface area contributed by atoms with Gasteiger partial charge in [-0.3, -0.25) is 0 Å². The summed E-state index contributed by atoms with van der Waals surface area (Å²) in [5.74, 6) is 1.04. The molecule has 0 aromatic carbocycles. The highest BCUT2D eigenvalue weighted by molar-refractivity contribution is 5.74. The van der Waals surface area contributed by atoms with Crippen LogP contribution in [0.3, 0.4) is 0 Å². The van der Waals surface area contributed by atoms with E-state index in [1.165, 1.54) is 19.3 Å². The van der Waals surface area contributed by atoms with Gasteiger partial charge in [-0.15, -0.1) is 0 Å². The van der Waals surface area contributed by atoms with Crippen molar-refractivity contribution in [2.75, 3.05) is 0 Å². The Morgan fingerprint density at radius 3 is 2.79 bits per heavy atom. The molecule has 5 nitrogen and oxygen atoms in total. The third-order valence-electron chi connectivity index (χ3n) is 3.53. The van der Waals surface area contributed by atoms with Crippen molar-refractivity contribution in [1.82, 2.24) is 15.8 Å². The molecule has 106 valence electrons. The number of carbonyl (C=O) groups is 1. The molecule has 2 N–H and O–H groups in total. The lowest BCUT2D eigenvalue weighted by Gasteiger charge is -2.22. The van der Waals surface area contributed by atoms with Gasteiger partial charge in [0, 0.05) is 12.1 Å². The van der Waals surface area contributed by atoms with Crippen molar-refractivity contribution in [2.45, 2.75) is 64.5 Å². The molecule has 0 spiro atoms. The first-order valence-electron chi connectivity index (χ1n) is 7.15. The van der Waals surface area contributed by atoms with Crippen molar-refractivity contribution in [3.05, 3.63) is 17.5 Å². The van der Waals surface area contributed by atoms with Gasteiger partial charge in [-0.05, 0) is 18.8 Å². The van der Waals surface area contributed by atoms with E-state index < -0.39 is 0 Å². The van der Waals surface area contributed by atoms with Crippen LogP contribution in [0.1, 0.15) is 63.3 Å². The zero-order valence-corrected chi connectivity index (χ0v) is 11.7. The molecular formula is C14H23N3O2. The molecule has 1 aliphatic rings. The maximum absolute atomic E-state index is 11.7. The number of amides is 2. The molecule has 1 aliphatic carbocycles. The Morgan fingerprint density at radius 1 is 1.42 bits per heavy atom. The number of rotatable bonds is 4. The summed E-state index contributed by atoms with van der Waals surface area (Å²) >= 11 is 0. The lowest BCUT2D eigenvalue weighted by molar-refractivity contribution is 0.230. The third kappa shape index (κ3) is 4.26. The van der Waals surface area contributed by atoms with Gasteiger partial charge in [0.2, 0.25) is 0 Å². The van der Waals surface area contributed by atoms with Crippen LogP contribution in [0, 0.1) is 0 Å². The molecule has 1 heterocycles. The van der Waals surface area contributed by atoms with E-state index in [9.17, 15) is 4.79 Å². The van der Waals surface area contributed by atoms with Gasteiger partial charge in [-0.25, -0.2) is 4.79 Å². The highest BCUT2D eigenvalue weighted by Crippen LogP contribution is 2.17. The zero-order valence-electron chi connectivity index (χ0n) is 11.7. The van der Waals surface area contributed by atoms with Gasteiger partial charge in [0.15, 0.2) is 5.76 Å². The summed E-state index contributed by atoms with van der Waals surface area (Å²) in [7, 11) is 0. The Morgan fingerprint density at radius 2 is 2.16 bits per heavy atom. The molecule has 0 aliphatic heterocycles. The zero-order chi connectivity index (χ0) is 13.7. The van der Waals surface area contributed by atoms with Crippen LogP contribution in [-0.4, -0.2) is 17.2 Å². The molecule has 0 bridgehead atoms. The van der Waals surface area contributed by atoms with Crippen LogP contribution >= 0.6 is 0 Å². The monoisotopic (exact) mass is 265 g/mol. The predicted molar refractivity (Wildman–Crippen MR) is 72.8 cm³/mol. The Balaban J connectivity index is 1.73. The first-order valence-corrected chi connectivity index (χ1v) is 7.15. The third-order valence-corrected chi connectivity index (χ3v) is 3.53. The fourth-order valence-electron chi connectivity index (χ4n) is 2.34. The van der Waals surface area contributed by atoms with Gasteiger partial charge in [-0.1, -0.05) is 38.3 Å². The summed E-state index contributed by atoms with van der Waals surface area (Å²) in [5, 5.41) is 9.78. The first kappa shape index (κ1) is 13.9. The number of carbonyl (C=O) groups excluding carboxylic acids is 1. The molecule has 19 heavy (non-hydrogen) atoms. The van der Waals surface area contributed by atoms with E-state index in [4.69, 9.17) is 4.52 Å². The molecule has 5 heteroatoms. The molecule has 0 atom stereocenters. The normalized spacial score (nSPS) is 16.6. The van der Waals surface area contributed by atoms with Crippen LogP contribution in [0.25, 0.3) is 0 Å². The molecule has 2 rings (SSSR count). The van der Waals surface area contributed by atoms with Crippen molar-refractivity contribution in [2.24, 2.45) is 0 Å². The van der Waals surface area contributed by atoms with Crippen LogP contribution in [-0.2, 0) is 6.54 Å². The summed E-state index contributed by atoms with van der Waals surface area (Å²) in [6, 6.07) is 2.11. The summed E-state index contributed by atoms with van der Waals surface area (Å²) < 4.78 is 5.17. The van der Waals surface area contributed by atoms with E-state index in [1.807, 2.05) is 6.07 Å². The minimum absolute atomic E-state index is 0.116. The van der Waals surface area contributed by atoms with Crippen molar-refractivity contribution in [3.63, 3.8) is 0 Å². The van der Waals surface area contributed by atoms with Crippen LogP contribution < -0.4 is 10.6 Å². The number of urea groups is 1. The SMILES string of the molecule is CC(C)c1cc(CNC(=O)NC2CCCCC2)on1. The lowest BCUT2D eigenvalue weighted by atomic mass is 9.96. The molecule has 0 unspecified atom stereocenters. The molecule has 0 radical (unpaired) electrons. The molecule has 2 amide bonds. The number of nitrogens with one attached hydrogen (secondary N) is 2. The first-order chi connectivity index (χ1) is 9.15. The number of nitrogens with zero attached hydrogens (tertiary/aromatic N) is 1. The van der Waals surface area contributed by atoms with Crippen LogP contribution in [0.5, 0.6) is 0 Å². The van der Waals surface area contributed by atoms with Crippen molar-refractivity contribution in [1.29, 1.82) is 0 Å². The predicted octanol–water partition coefficient (Wildman–Crippen LogP) is 2.93. The fraction of sp³-hybridized carbons (Fsp3) is 0.714. The smallest absolute Gasteiger partial charge is 0.315 e. The van der Waals surface area contributed by atoms with E-state index in [0.29, 0.717) is 24.3 Å². The second-order valence-corrected chi connectivity index (χ2v) is 5.53. The minimum Gasteiger partial charge on any atom is -0.359 e. The quantitative estimate of drug-likeness (QED) is 0.879. The summed E-state index contributed by atoms with van der Waals surface area (Å²) in [4.78, 5) is 11.7. The molecule has 1 fully saturated rings. The Bertz CT molecular complexity index is 409. The number of hydrogen-bond donors (Lipinski definition) is 2. The van der Waals surface area contributed by atoms with Gasteiger partial charge in [-0.2, -0.15) is 0 Å². The Kier molecular flexibility index (Phi) is 4.82. The van der Waals surface area contributed by atoms with E-state index in [0.717, 1.165) is 18.5 Å². The van der Waals surface area contributed by atoms with E-state index >= 15 is 0 Å². The van der Waals surface area contributed by atoms with Crippen molar-refractivity contribution < 1.29 is 9.32 Å². The van der Waals surface area contributed by atoms with Crippen molar-refractivity contribution in [3.8, 4) is 0 Å². The van der Waals surface area contributed by atoms with Crippen LogP contribution in [0.4, 0.5) is 4.79 Å². The molecule has 1 saturated carbocycles. The topological polar surface area (TPSA) is 67.2 Å². The minimum atomic E-state index is -0.116.